The standard InChI is InChI=1S/C17H19N5O/c1-3-5-6-7-13(4-2)10-21-9-8-14-15(11-21)17(23)20-22-12-18-19-16(14)22/h3-7,12H,1-2,8-11H2,(H,20,23)/b6-5-,13-7+. The van der Waals surface area contributed by atoms with Gasteiger partial charge in [-0.1, -0.05) is 43.5 Å². The lowest BCUT2D eigenvalue weighted by atomic mass is 10.0. The fraction of sp³-hybridized carbons (Fsp3) is 0.235. The van der Waals surface area contributed by atoms with Crippen molar-refractivity contribution in [2.24, 2.45) is 0 Å². The van der Waals surface area contributed by atoms with E-state index in [9.17, 15) is 4.79 Å². The van der Waals surface area contributed by atoms with Gasteiger partial charge in [0.2, 0.25) is 0 Å². The number of allylic oxidation sites excluding steroid dienone is 4. The summed E-state index contributed by atoms with van der Waals surface area (Å²) in [4.78, 5) is 14.5. The van der Waals surface area contributed by atoms with Crippen LogP contribution in [0.3, 0.4) is 0 Å². The number of hydrogen-bond donors (Lipinski definition) is 1. The van der Waals surface area contributed by atoms with Gasteiger partial charge in [0.15, 0.2) is 5.65 Å². The van der Waals surface area contributed by atoms with Gasteiger partial charge in [-0.2, -0.15) is 0 Å². The van der Waals surface area contributed by atoms with E-state index in [0.717, 1.165) is 41.9 Å². The van der Waals surface area contributed by atoms with Crippen LogP contribution in [0.1, 0.15) is 11.1 Å². The largest absolute Gasteiger partial charge is 0.294 e. The second-order valence-corrected chi connectivity index (χ2v) is 5.45. The number of fused-ring (bicyclic) bond motifs is 3. The van der Waals surface area contributed by atoms with E-state index >= 15 is 0 Å². The van der Waals surface area contributed by atoms with Crippen LogP contribution in [0.25, 0.3) is 5.65 Å². The maximum Gasteiger partial charge on any atom is 0.267 e. The van der Waals surface area contributed by atoms with Crippen LogP contribution in [-0.2, 0) is 13.0 Å². The Morgan fingerprint density at radius 2 is 2.22 bits per heavy atom. The minimum absolute atomic E-state index is 0.0762. The quantitative estimate of drug-likeness (QED) is 0.853. The van der Waals surface area contributed by atoms with Gasteiger partial charge in [0, 0.05) is 30.8 Å². The number of H-pyrrole nitrogens is 1. The first-order chi connectivity index (χ1) is 11.2. The van der Waals surface area contributed by atoms with Gasteiger partial charge in [0.1, 0.15) is 6.33 Å². The zero-order chi connectivity index (χ0) is 16.2. The maximum absolute atomic E-state index is 12.3. The molecule has 118 valence electrons. The van der Waals surface area contributed by atoms with E-state index in [1.807, 2.05) is 24.3 Å². The molecule has 3 rings (SSSR count). The van der Waals surface area contributed by atoms with Crippen molar-refractivity contribution in [3.63, 3.8) is 0 Å². The van der Waals surface area contributed by atoms with Crippen LogP contribution in [0.2, 0.25) is 0 Å². The SMILES string of the molecule is C=C/C=C\C=C(/C=C)CN1CCc2c(c(=O)[nH]n3cnnc23)C1. The Morgan fingerprint density at radius 3 is 3.00 bits per heavy atom. The molecule has 2 aromatic rings. The van der Waals surface area contributed by atoms with Crippen LogP contribution >= 0.6 is 0 Å². The molecule has 0 unspecified atom stereocenters. The summed E-state index contributed by atoms with van der Waals surface area (Å²) >= 11 is 0. The van der Waals surface area contributed by atoms with Crippen molar-refractivity contribution in [3.8, 4) is 0 Å². The van der Waals surface area contributed by atoms with Gasteiger partial charge in [0.25, 0.3) is 5.56 Å². The average Bonchev–Trinajstić information content (AvgIpc) is 3.02. The van der Waals surface area contributed by atoms with Gasteiger partial charge in [0.05, 0.1) is 0 Å². The van der Waals surface area contributed by atoms with Crippen LogP contribution in [0.4, 0.5) is 0 Å². The summed E-state index contributed by atoms with van der Waals surface area (Å²) in [5, 5.41) is 10.7. The van der Waals surface area contributed by atoms with Crippen molar-refractivity contribution in [1.29, 1.82) is 0 Å². The maximum atomic E-state index is 12.3. The van der Waals surface area contributed by atoms with Crippen LogP contribution < -0.4 is 5.56 Å². The summed E-state index contributed by atoms with van der Waals surface area (Å²) in [6, 6.07) is 0. The first kappa shape index (κ1) is 15.2. The third-order valence-electron chi connectivity index (χ3n) is 3.96. The van der Waals surface area contributed by atoms with Gasteiger partial charge in [-0.15, -0.1) is 10.2 Å². The van der Waals surface area contributed by atoms with Crippen molar-refractivity contribution in [2.75, 3.05) is 13.1 Å². The molecule has 0 atom stereocenters. The lowest BCUT2D eigenvalue weighted by Crippen LogP contribution is -2.36. The molecule has 0 radical (unpaired) electrons. The smallest absolute Gasteiger partial charge is 0.267 e. The Morgan fingerprint density at radius 1 is 1.35 bits per heavy atom. The molecule has 23 heavy (non-hydrogen) atoms. The van der Waals surface area contributed by atoms with E-state index < -0.39 is 0 Å². The Hall–Kier alpha value is -2.73. The molecule has 3 heterocycles. The molecule has 1 aliphatic heterocycles. The van der Waals surface area contributed by atoms with Crippen molar-refractivity contribution in [1.82, 2.24) is 24.7 Å². The Balaban J connectivity index is 1.84. The highest BCUT2D eigenvalue weighted by Crippen LogP contribution is 2.19. The van der Waals surface area contributed by atoms with Crippen molar-refractivity contribution in [2.45, 2.75) is 13.0 Å². The fourth-order valence-electron chi connectivity index (χ4n) is 2.81. The molecule has 6 nitrogen and oxygen atoms in total. The molecule has 1 N–H and O–H groups in total. The molecule has 0 saturated carbocycles. The summed E-state index contributed by atoms with van der Waals surface area (Å²) < 4.78 is 1.59. The minimum atomic E-state index is -0.0762. The Kier molecular flexibility index (Phi) is 4.34. The molecule has 1 aliphatic rings. The highest BCUT2D eigenvalue weighted by molar-refractivity contribution is 5.50. The molecule has 2 aromatic heterocycles. The minimum Gasteiger partial charge on any atom is -0.294 e. The molecule has 0 spiro atoms. The van der Waals surface area contributed by atoms with E-state index in [2.05, 4.69) is 33.4 Å². The Bertz CT molecular complexity index is 855. The van der Waals surface area contributed by atoms with E-state index in [1.54, 1.807) is 10.6 Å². The van der Waals surface area contributed by atoms with Crippen LogP contribution in [-0.4, -0.2) is 37.8 Å². The number of aromatic nitrogens is 4. The summed E-state index contributed by atoms with van der Waals surface area (Å²) in [6.45, 7) is 9.73. The highest BCUT2D eigenvalue weighted by Gasteiger charge is 2.22. The third kappa shape index (κ3) is 3.07. The topological polar surface area (TPSA) is 66.3 Å². The molecule has 0 saturated heterocycles. The molecule has 0 fully saturated rings. The molecule has 0 aromatic carbocycles. The van der Waals surface area contributed by atoms with Gasteiger partial charge >= 0.3 is 0 Å². The second-order valence-electron chi connectivity index (χ2n) is 5.45. The summed E-state index contributed by atoms with van der Waals surface area (Å²) in [7, 11) is 0. The van der Waals surface area contributed by atoms with Crippen molar-refractivity contribution >= 4 is 5.65 Å². The van der Waals surface area contributed by atoms with Gasteiger partial charge in [-0.25, -0.2) is 4.52 Å². The van der Waals surface area contributed by atoms with Gasteiger partial charge in [-0.3, -0.25) is 14.8 Å². The molecule has 6 heteroatoms. The monoisotopic (exact) mass is 309 g/mol. The van der Waals surface area contributed by atoms with Crippen LogP contribution in [0, 0.1) is 0 Å². The predicted molar refractivity (Wildman–Crippen MR) is 90.2 cm³/mol. The van der Waals surface area contributed by atoms with Gasteiger partial charge < -0.3 is 0 Å². The van der Waals surface area contributed by atoms with Crippen molar-refractivity contribution < 1.29 is 0 Å². The molecular weight excluding hydrogens is 290 g/mol. The molecule has 0 amide bonds. The highest BCUT2D eigenvalue weighted by atomic mass is 16.1. The fourth-order valence-corrected chi connectivity index (χ4v) is 2.81. The van der Waals surface area contributed by atoms with Gasteiger partial charge in [-0.05, 0) is 12.0 Å². The third-order valence-corrected chi connectivity index (χ3v) is 3.96. The predicted octanol–water partition coefficient (Wildman–Crippen LogP) is 1.63. The molecule has 0 aliphatic carbocycles. The molecular formula is C17H19N5O. The lowest BCUT2D eigenvalue weighted by Gasteiger charge is -2.28. The first-order valence-electron chi connectivity index (χ1n) is 7.49. The number of rotatable bonds is 5. The zero-order valence-corrected chi connectivity index (χ0v) is 12.9. The Labute approximate surface area is 134 Å². The summed E-state index contributed by atoms with van der Waals surface area (Å²) in [5.41, 5.74) is 3.55. The first-order valence-corrected chi connectivity index (χ1v) is 7.49. The normalized spacial score (nSPS) is 15.9. The average molecular weight is 309 g/mol. The second kappa shape index (κ2) is 6.58. The number of aromatic amines is 1. The van der Waals surface area contributed by atoms with Crippen LogP contribution in [0.5, 0.6) is 0 Å². The zero-order valence-electron chi connectivity index (χ0n) is 12.9. The van der Waals surface area contributed by atoms with E-state index in [-0.39, 0.29) is 5.56 Å². The number of nitrogens with zero attached hydrogens (tertiary/aromatic N) is 4. The lowest BCUT2D eigenvalue weighted by molar-refractivity contribution is 0.276. The van der Waals surface area contributed by atoms with E-state index in [0.29, 0.717) is 6.54 Å². The van der Waals surface area contributed by atoms with E-state index in [4.69, 9.17) is 0 Å². The number of hydrogen-bond acceptors (Lipinski definition) is 4. The number of nitrogens with one attached hydrogen (secondary N) is 1. The van der Waals surface area contributed by atoms with Crippen molar-refractivity contribution in [3.05, 3.63) is 76.9 Å². The summed E-state index contributed by atoms with van der Waals surface area (Å²) in [6.07, 6.45) is 11.7. The summed E-state index contributed by atoms with van der Waals surface area (Å²) in [5.74, 6) is 0. The van der Waals surface area contributed by atoms with E-state index in [1.165, 1.54) is 6.33 Å². The molecule has 0 bridgehead atoms. The van der Waals surface area contributed by atoms with Crippen LogP contribution in [0.15, 0.2) is 60.2 Å².